The van der Waals surface area contributed by atoms with Gasteiger partial charge in [0.25, 0.3) is 0 Å². The summed E-state index contributed by atoms with van der Waals surface area (Å²) in [5.74, 6) is 0. The molecule has 0 aliphatic rings. The van der Waals surface area contributed by atoms with Crippen molar-refractivity contribution >= 4 is 0 Å². The first kappa shape index (κ1) is 16.5. The molecule has 0 aromatic heterocycles. The van der Waals surface area contributed by atoms with Gasteiger partial charge >= 0.3 is 0 Å². The van der Waals surface area contributed by atoms with E-state index >= 15 is 0 Å². The Morgan fingerprint density at radius 2 is 1.21 bits per heavy atom. The maximum Gasteiger partial charge on any atom is 0.00510 e. The third kappa shape index (κ3) is 4.33. The molecular formula is C23H25N. The Kier molecular flexibility index (Phi) is 5.45. The third-order valence-electron chi connectivity index (χ3n) is 4.37. The minimum Gasteiger partial charge on any atom is -0.328 e. The van der Waals surface area contributed by atoms with Gasteiger partial charge in [0.1, 0.15) is 0 Å². The lowest BCUT2D eigenvalue weighted by Crippen LogP contribution is -2.19. The van der Waals surface area contributed by atoms with Crippen LogP contribution in [0.1, 0.15) is 34.7 Å². The van der Waals surface area contributed by atoms with Gasteiger partial charge in [0.05, 0.1) is 0 Å². The maximum atomic E-state index is 6.09. The summed E-state index contributed by atoms with van der Waals surface area (Å²) >= 11 is 0. The first-order valence-electron chi connectivity index (χ1n) is 8.65. The zero-order chi connectivity index (χ0) is 16.8. The molecule has 0 amide bonds. The van der Waals surface area contributed by atoms with Crippen LogP contribution in [-0.4, -0.2) is 6.04 Å². The summed E-state index contributed by atoms with van der Waals surface area (Å²) in [6.45, 7) is 2.08. The topological polar surface area (TPSA) is 26.0 Å². The summed E-state index contributed by atoms with van der Waals surface area (Å²) in [5, 5.41) is 0. The summed E-state index contributed by atoms with van der Waals surface area (Å²) < 4.78 is 0. The van der Waals surface area contributed by atoms with E-state index < -0.39 is 0 Å². The van der Waals surface area contributed by atoms with Crippen molar-refractivity contribution in [3.8, 4) is 0 Å². The summed E-state index contributed by atoms with van der Waals surface area (Å²) in [5.41, 5.74) is 13.0. The molecule has 3 rings (SSSR count). The Morgan fingerprint density at radius 1 is 0.667 bits per heavy atom. The van der Waals surface area contributed by atoms with E-state index in [1.54, 1.807) is 0 Å². The maximum absolute atomic E-state index is 6.09. The van der Waals surface area contributed by atoms with E-state index in [4.69, 9.17) is 5.73 Å². The van der Waals surface area contributed by atoms with Gasteiger partial charge in [0.2, 0.25) is 0 Å². The van der Waals surface area contributed by atoms with Gasteiger partial charge in [-0.25, -0.2) is 0 Å². The first-order valence-corrected chi connectivity index (χ1v) is 8.65. The second-order valence-corrected chi connectivity index (χ2v) is 6.56. The van der Waals surface area contributed by atoms with Crippen LogP contribution in [0.15, 0.2) is 78.9 Å². The Hall–Kier alpha value is -2.38. The Labute approximate surface area is 145 Å². The van der Waals surface area contributed by atoms with Crippen LogP contribution in [0, 0.1) is 0 Å². The summed E-state index contributed by atoms with van der Waals surface area (Å²) in [7, 11) is 0. The molecule has 0 saturated carbocycles. The van der Waals surface area contributed by atoms with Gasteiger partial charge in [-0.15, -0.1) is 0 Å². The highest BCUT2D eigenvalue weighted by Crippen LogP contribution is 2.23. The first-order chi connectivity index (χ1) is 11.7. The smallest absolute Gasteiger partial charge is 0.00510 e. The lowest BCUT2D eigenvalue weighted by Gasteiger charge is -2.17. The van der Waals surface area contributed by atoms with Crippen molar-refractivity contribution in [2.24, 2.45) is 5.73 Å². The molecule has 1 nitrogen and oxygen atoms in total. The molecule has 1 heteroatoms. The van der Waals surface area contributed by atoms with Crippen molar-refractivity contribution in [1.29, 1.82) is 0 Å². The molecule has 3 aromatic carbocycles. The van der Waals surface area contributed by atoms with Crippen molar-refractivity contribution in [1.82, 2.24) is 0 Å². The predicted molar refractivity (Wildman–Crippen MR) is 102 cm³/mol. The SMILES string of the molecule is CC(N)Cc1cccc(Cc2ccccc2)c1Cc1ccccc1. The Morgan fingerprint density at radius 3 is 1.79 bits per heavy atom. The van der Waals surface area contributed by atoms with Gasteiger partial charge < -0.3 is 5.73 Å². The van der Waals surface area contributed by atoms with Crippen LogP contribution >= 0.6 is 0 Å². The molecular weight excluding hydrogens is 290 g/mol. The highest BCUT2D eigenvalue weighted by Gasteiger charge is 2.11. The summed E-state index contributed by atoms with van der Waals surface area (Å²) in [6, 6.07) is 28.2. The van der Waals surface area contributed by atoms with E-state index in [0.29, 0.717) is 0 Å². The molecule has 0 radical (unpaired) electrons. The highest BCUT2D eigenvalue weighted by atomic mass is 14.6. The molecule has 1 atom stereocenters. The number of nitrogens with two attached hydrogens (primary N) is 1. The fourth-order valence-electron chi connectivity index (χ4n) is 3.23. The zero-order valence-electron chi connectivity index (χ0n) is 14.3. The molecule has 2 N–H and O–H groups in total. The van der Waals surface area contributed by atoms with Crippen LogP contribution in [0.25, 0.3) is 0 Å². The van der Waals surface area contributed by atoms with Gasteiger partial charge in [0.15, 0.2) is 0 Å². The van der Waals surface area contributed by atoms with Crippen LogP contribution in [0.2, 0.25) is 0 Å². The largest absolute Gasteiger partial charge is 0.328 e. The monoisotopic (exact) mass is 315 g/mol. The molecule has 0 aliphatic heterocycles. The number of hydrogen-bond donors (Lipinski definition) is 1. The van der Waals surface area contributed by atoms with E-state index in [1.165, 1.54) is 27.8 Å². The molecule has 0 bridgehead atoms. The van der Waals surface area contributed by atoms with Crippen molar-refractivity contribution in [3.63, 3.8) is 0 Å². The highest BCUT2D eigenvalue weighted by molar-refractivity contribution is 5.42. The van der Waals surface area contributed by atoms with Crippen LogP contribution in [0.4, 0.5) is 0 Å². The molecule has 0 aliphatic carbocycles. The van der Waals surface area contributed by atoms with Crippen LogP contribution in [-0.2, 0) is 19.3 Å². The van der Waals surface area contributed by atoms with Crippen molar-refractivity contribution in [3.05, 3.63) is 107 Å². The van der Waals surface area contributed by atoms with Gasteiger partial charge in [-0.05, 0) is 54.0 Å². The van der Waals surface area contributed by atoms with Gasteiger partial charge in [-0.3, -0.25) is 0 Å². The van der Waals surface area contributed by atoms with E-state index in [1.807, 2.05) is 0 Å². The lowest BCUT2D eigenvalue weighted by atomic mass is 9.89. The summed E-state index contributed by atoms with van der Waals surface area (Å²) in [4.78, 5) is 0. The molecule has 0 fully saturated rings. The van der Waals surface area contributed by atoms with Crippen LogP contribution in [0.3, 0.4) is 0 Å². The number of hydrogen-bond acceptors (Lipinski definition) is 1. The van der Waals surface area contributed by atoms with E-state index in [0.717, 1.165) is 19.3 Å². The normalized spacial score (nSPS) is 12.1. The van der Waals surface area contributed by atoms with Gasteiger partial charge in [-0.1, -0.05) is 78.9 Å². The lowest BCUT2D eigenvalue weighted by molar-refractivity contribution is 0.731. The molecule has 24 heavy (non-hydrogen) atoms. The van der Waals surface area contributed by atoms with Crippen molar-refractivity contribution in [2.45, 2.75) is 32.2 Å². The fraction of sp³-hybridized carbons (Fsp3) is 0.217. The number of rotatable bonds is 6. The zero-order valence-corrected chi connectivity index (χ0v) is 14.3. The Balaban J connectivity index is 1.97. The second kappa shape index (κ2) is 7.94. The average molecular weight is 315 g/mol. The van der Waals surface area contributed by atoms with Crippen LogP contribution in [0.5, 0.6) is 0 Å². The van der Waals surface area contributed by atoms with Crippen molar-refractivity contribution in [2.75, 3.05) is 0 Å². The predicted octanol–water partition coefficient (Wildman–Crippen LogP) is 4.76. The Bertz CT molecular complexity index is 761. The molecule has 122 valence electrons. The molecule has 3 aromatic rings. The fourth-order valence-corrected chi connectivity index (χ4v) is 3.23. The van der Waals surface area contributed by atoms with Gasteiger partial charge in [0, 0.05) is 6.04 Å². The van der Waals surface area contributed by atoms with E-state index in [9.17, 15) is 0 Å². The van der Waals surface area contributed by atoms with Gasteiger partial charge in [-0.2, -0.15) is 0 Å². The average Bonchev–Trinajstić information content (AvgIpc) is 2.59. The number of benzene rings is 3. The second-order valence-electron chi connectivity index (χ2n) is 6.56. The van der Waals surface area contributed by atoms with E-state index in [2.05, 4.69) is 85.8 Å². The molecule has 0 heterocycles. The van der Waals surface area contributed by atoms with E-state index in [-0.39, 0.29) is 6.04 Å². The summed E-state index contributed by atoms with van der Waals surface area (Å²) in [6.07, 6.45) is 2.85. The van der Waals surface area contributed by atoms with Crippen LogP contribution < -0.4 is 5.73 Å². The third-order valence-corrected chi connectivity index (χ3v) is 4.37. The quantitative estimate of drug-likeness (QED) is 0.697. The minimum atomic E-state index is 0.173. The minimum absolute atomic E-state index is 0.173. The van der Waals surface area contributed by atoms with Crippen molar-refractivity contribution < 1.29 is 0 Å². The molecule has 1 unspecified atom stereocenters. The molecule has 0 spiro atoms. The standard InChI is InChI=1S/C23H25N/c1-18(24)15-21-13-8-14-22(16-19-9-4-2-5-10-19)23(21)17-20-11-6-3-7-12-20/h2-14,18H,15-17,24H2,1H3. The molecule has 0 saturated heterocycles.